The van der Waals surface area contributed by atoms with Crippen LogP contribution in [0.3, 0.4) is 0 Å². The van der Waals surface area contributed by atoms with Crippen molar-refractivity contribution in [2.75, 3.05) is 13.7 Å². The van der Waals surface area contributed by atoms with Crippen LogP contribution in [0.4, 0.5) is 13.2 Å². The summed E-state index contributed by atoms with van der Waals surface area (Å²) in [5.41, 5.74) is 1.87. The summed E-state index contributed by atoms with van der Waals surface area (Å²) in [6, 6.07) is 5.17. The van der Waals surface area contributed by atoms with E-state index in [0.717, 1.165) is 26.2 Å². The van der Waals surface area contributed by atoms with Crippen molar-refractivity contribution in [1.29, 1.82) is 0 Å². The fourth-order valence-electron chi connectivity index (χ4n) is 5.70. The number of benzene rings is 1. The number of nitrogens with one attached hydrogen (secondary N) is 2. The van der Waals surface area contributed by atoms with Gasteiger partial charge < -0.3 is 25.2 Å². The summed E-state index contributed by atoms with van der Waals surface area (Å²) in [4.78, 5) is 21.5. The minimum Gasteiger partial charge on any atom is -0.471 e. The molecule has 2 aliphatic rings. The van der Waals surface area contributed by atoms with E-state index in [4.69, 9.17) is 9.47 Å². The van der Waals surface area contributed by atoms with E-state index >= 15 is 0 Å². The van der Waals surface area contributed by atoms with Crippen molar-refractivity contribution in [3.63, 3.8) is 0 Å². The summed E-state index contributed by atoms with van der Waals surface area (Å²) in [6.07, 6.45) is 4.26. The Hall–Kier alpha value is -3.06. The number of hydrogen-bond acceptors (Lipinski definition) is 8. The van der Waals surface area contributed by atoms with Gasteiger partial charge in [0.25, 0.3) is 0 Å². The average Bonchev–Trinajstić information content (AvgIpc) is 3.48. The first-order valence-electron chi connectivity index (χ1n) is 14.4. The third-order valence-electron chi connectivity index (χ3n) is 8.16. The molecular weight excluding hydrogens is 581 g/mol. The van der Waals surface area contributed by atoms with Crippen molar-refractivity contribution in [1.82, 2.24) is 20.6 Å². The Labute approximate surface area is 253 Å². The third-order valence-corrected chi connectivity index (χ3v) is 8.98. The minimum absolute atomic E-state index is 0.0648. The zero-order valence-corrected chi connectivity index (χ0v) is 25.2. The number of methoxy groups -OCH3 is 1. The van der Waals surface area contributed by atoms with Crippen LogP contribution >= 0.6 is 11.3 Å². The summed E-state index contributed by atoms with van der Waals surface area (Å²) in [5, 5.41) is 20.1. The fourth-order valence-corrected chi connectivity index (χ4v) is 6.33. The summed E-state index contributed by atoms with van der Waals surface area (Å²) in [7, 11) is 1.42. The number of carbonyl (C=O) groups excluding carboxylic acids is 1. The first kappa shape index (κ1) is 31.4. The van der Waals surface area contributed by atoms with Crippen LogP contribution < -0.4 is 15.4 Å². The number of carbonyl (C=O) groups is 1. The molecule has 2 unspecified atom stereocenters. The number of thiazole rings is 1. The molecule has 232 valence electrons. The van der Waals surface area contributed by atoms with Gasteiger partial charge >= 0.3 is 0 Å². The molecule has 3 N–H and O–H groups in total. The fraction of sp³-hybridized carbons (Fsp3) is 0.516. The monoisotopic (exact) mass is 618 g/mol. The van der Waals surface area contributed by atoms with Crippen molar-refractivity contribution < 1.29 is 32.5 Å². The molecule has 3 heterocycles. The van der Waals surface area contributed by atoms with Crippen LogP contribution in [0.2, 0.25) is 0 Å². The highest BCUT2D eigenvalue weighted by Crippen LogP contribution is 2.48. The van der Waals surface area contributed by atoms with Gasteiger partial charge in [-0.05, 0) is 74.9 Å². The maximum absolute atomic E-state index is 14.6. The molecule has 4 atom stereocenters. The number of ether oxygens (including phenoxy) is 2. The predicted octanol–water partition coefficient (Wildman–Crippen LogP) is 5.00. The number of aromatic nitrogens is 2. The van der Waals surface area contributed by atoms with Gasteiger partial charge in [0.05, 0.1) is 12.1 Å². The number of aliphatic hydroxyl groups excluding tert-OH is 1. The van der Waals surface area contributed by atoms with Gasteiger partial charge in [0.15, 0.2) is 0 Å². The van der Waals surface area contributed by atoms with Crippen LogP contribution in [0, 0.1) is 5.82 Å². The molecule has 1 spiro atoms. The Morgan fingerprint density at radius 2 is 2.05 bits per heavy atom. The van der Waals surface area contributed by atoms with Crippen molar-refractivity contribution in [2.45, 2.75) is 88.2 Å². The van der Waals surface area contributed by atoms with Crippen LogP contribution in [0.1, 0.15) is 62.3 Å². The number of hydrogen-bond donors (Lipinski definition) is 3. The summed E-state index contributed by atoms with van der Waals surface area (Å²) in [5.74, 6) is -3.34. The second-order valence-corrected chi connectivity index (χ2v) is 12.6. The minimum atomic E-state index is -2.89. The Kier molecular flexibility index (Phi) is 9.40. The SMILES string of the molecule is COC(C)C(=O)N[C@@H](Cc1cc(F)cc(-c2nccs2)c1)[C@H](O)CNC1CC2(CCC2)Oc2ncc(CC(C)(F)F)cc21. The predicted molar refractivity (Wildman–Crippen MR) is 157 cm³/mol. The molecule has 12 heteroatoms. The molecule has 2 aromatic heterocycles. The van der Waals surface area contributed by atoms with Crippen molar-refractivity contribution in [3.8, 4) is 16.5 Å². The van der Waals surface area contributed by atoms with Gasteiger partial charge in [-0.3, -0.25) is 4.79 Å². The van der Waals surface area contributed by atoms with Gasteiger partial charge in [-0.2, -0.15) is 0 Å². The molecule has 0 bridgehead atoms. The number of alkyl halides is 2. The number of rotatable bonds is 12. The number of aliphatic hydroxyl groups is 1. The van der Waals surface area contributed by atoms with Gasteiger partial charge in [-0.25, -0.2) is 23.1 Å². The highest BCUT2D eigenvalue weighted by Gasteiger charge is 2.46. The molecule has 1 aromatic carbocycles. The summed E-state index contributed by atoms with van der Waals surface area (Å²) in [6.45, 7) is 2.53. The van der Waals surface area contributed by atoms with Crippen molar-refractivity contribution >= 4 is 17.2 Å². The molecule has 1 aliphatic carbocycles. The number of halogens is 3. The summed E-state index contributed by atoms with van der Waals surface area (Å²) < 4.78 is 53.6. The highest BCUT2D eigenvalue weighted by atomic mass is 32.1. The molecule has 43 heavy (non-hydrogen) atoms. The number of nitrogens with zero attached hydrogens (tertiary/aromatic N) is 2. The lowest BCUT2D eigenvalue weighted by Crippen LogP contribution is -2.53. The first-order valence-corrected chi connectivity index (χ1v) is 15.3. The summed E-state index contributed by atoms with van der Waals surface area (Å²) >= 11 is 1.38. The molecule has 1 saturated carbocycles. The number of pyridine rings is 1. The quantitative estimate of drug-likeness (QED) is 0.262. The van der Waals surface area contributed by atoms with E-state index in [-0.39, 0.29) is 24.6 Å². The molecule has 8 nitrogen and oxygen atoms in total. The Balaban J connectivity index is 1.36. The smallest absolute Gasteiger partial charge is 0.249 e. The van der Waals surface area contributed by atoms with Crippen molar-refractivity contribution in [3.05, 3.63) is 64.5 Å². The topological polar surface area (TPSA) is 106 Å². The maximum Gasteiger partial charge on any atom is 0.249 e. The highest BCUT2D eigenvalue weighted by molar-refractivity contribution is 7.13. The van der Waals surface area contributed by atoms with Gasteiger partial charge in [0.1, 0.15) is 22.5 Å². The van der Waals surface area contributed by atoms with E-state index in [0.29, 0.717) is 39.6 Å². The molecular formula is C31H37F3N4O4S. The third kappa shape index (κ3) is 7.72. The molecule has 3 aromatic rings. The van der Waals surface area contributed by atoms with Crippen LogP contribution in [0.15, 0.2) is 42.0 Å². The van der Waals surface area contributed by atoms with E-state index in [1.165, 1.54) is 36.8 Å². The maximum atomic E-state index is 14.6. The van der Waals surface area contributed by atoms with E-state index < -0.39 is 42.3 Å². The lowest BCUT2D eigenvalue weighted by Gasteiger charge is -2.47. The van der Waals surface area contributed by atoms with Gasteiger partial charge in [0.2, 0.25) is 17.7 Å². The molecule has 0 radical (unpaired) electrons. The second-order valence-electron chi connectivity index (χ2n) is 11.7. The average molecular weight is 619 g/mol. The number of fused-ring (bicyclic) bond motifs is 1. The molecule has 5 rings (SSSR count). The Morgan fingerprint density at radius 1 is 1.26 bits per heavy atom. The van der Waals surface area contributed by atoms with Crippen LogP contribution in [-0.4, -0.2) is 64.4 Å². The van der Waals surface area contributed by atoms with Gasteiger partial charge in [0, 0.05) is 61.4 Å². The van der Waals surface area contributed by atoms with E-state index in [2.05, 4.69) is 20.6 Å². The van der Waals surface area contributed by atoms with Gasteiger partial charge in [-0.15, -0.1) is 11.3 Å². The van der Waals surface area contributed by atoms with Crippen molar-refractivity contribution in [2.24, 2.45) is 0 Å². The second kappa shape index (κ2) is 12.9. The molecule has 1 aliphatic heterocycles. The zero-order valence-electron chi connectivity index (χ0n) is 24.4. The molecule has 1 fully saturated rings. The molecule has 1 amide bonds. The van der Waals surface area contributed by atoms with E-state index in [1.54, 1.807) is 30.6 Å². The first-order chi connectivity index (χ1) is 20.4. The Bertz CT molecular complexity index is 1410. The zero-order chi connectivity index (χ0) is 30.8. The lowest BCUT2D eigenvalue weighted by molar-refractivity contribution is -0.131. The lowest BCUT2D eigenvalue weighted by atomic mass is 9.73. The standard InChI is InChI=1S/C31H37F3N4O4S/c1-18(41-3)27(40)38-24(12-19-9-21(13-22(32)10-19)29-35-7-8-43-29)26(39)17-36-25-15-31(5-4-6-31)42-28-23(25)11-20(16-37-28)14-30(2,33)34/h7-11,13,16,18,24-26,36,39H,4-6,12,14-15,17H2,1-3H3,(H,38,40)/t18?,24-,25?,26+/m0/s1. The van der Waals surface area contributed by atoms with Gasteiger partial charge in [-0.1, -0.05) is 0 Å². The van der Waals surface area contributed by atoms with E-state index in [9.17, 15) is 23.1 Å². The Morgan fingerprint density at radius 3 is 2.70 bits per heavy atom. The van der Waals surface area contributed by atoms with E-state index in [1.807, 2.05) is 0 Å². The van der Waals surface area contributed by atoms with Crippen LogP contribution in [0.5, 0.6) is 5.88 Å². The largest absolute Gasteiger partial charge is 0.471 e. The molecule has 0 saturated heterocycles. The van der Waals surface area contributed by atoms with Crippen LogP contribution in [0.25, 0.3) is 10.6 Å². The number of amides is 1. The van der Waals surface area contributed by atoms with Crippen LogP contribution in [-0.2, 0) is 22.4 Å². The normalized spacial score (nSPS) is 19.6.